The average molecular weight is 538 g/mol. The number of carbonyl (C=O) groups excluding carboxylic acids is 3. The molecule has 10 heteroatoms. The molecule has 2 aromatic rings. The number of aromatic nitrogens is 2. The lowest BCUT2D eigenvalue weighted by Crippen LogP contribution is -2.42. The van der Waals surface area contributed by atoms with Gasteiger partial charge < -0.3 is 14.9 Å². The largest absolute Gasteiger partial charge is 0.443 e. The fourth-order valence-corrected chi connectivity index (χ4v) is 3.83. The first-order chi connectivity index (χ1) is 18.0. The number of fused-ring (bicyclic) bond motifs is 1. The first-order valence-electron chi connectivity index (χ1n) is 13.0. The normalized spacial score (nSPS) is 13.6. The molecule has 10 nitrogen and oxygen atoms in total. The van der Waals surface area contributed by atoms with E-state index in [0.717, 1.165) is 21.6 Å². The molecule has 0 spiro atoms. The van der Waals surface area contributed by atoms with Crippen LogP contribution in [-0.2, 0) is 20.8 Å². The van der Waals surface area contributed by atoms with Crippen molar-refractivity contribution in [2.75, 3.05) is 4.90 Å². The van der Waals surface area contributed by atoms with Gasteiger partial charge in [-0.3, -0.25) is 14.8 Å². The summed E-state index contributed by atoms with van der Waals surface area (Å²) in [5.74, 6) is -0.325. The Morgan fingerprint density at radius 1 is 1.03 bits per heavy atom. The summed E-state index contributed by atoms with van der Waals surface area (Å²) in [5.41, 5.74) is 5.74. The summed E-state index contributed by atoms with van der Waals surface area (Å²) in [4.78, 5) is 48.8. The summed E-state index contributed by atoms with van der Waals surface area (Å²) in [6.07, 6.45) is 5.45. The summed E-state index contributed by atoms with van der Waals surface area (Å²) in [5, 5.41) is 1.39. The van der Waals surface area contributed by atoms with E-state index < -0.39 is 23.4 Å². The molecule has 0 saturated heterocycles. The second kappa shape index (κ2) is 11.4. The van der Waals surface area contributed by atoms with E-state index in [-0.39, 0.29) is 24.8 Å². The van der Waals surface area contributed by atoms with E-state index in [1.807, 2.05) is 47.6 Å². The maximum absolute atomic E-state index is 13.1. The molecule has 1 N–H and O–H groups in total. The number of pyridine rings is 2. The van der Waals surface area contributed by atoms with Crippen LogP contribution >= 0.6 is 0 Å². The molecule has 0 fully saturated rings. The number of hydrogen-bond donors (Lipinski definition) is 1. The van der Waals surface area contributed by atoms with Crippen LogP contribution in [0.3, 0.4) is 0 Å². The van der Waals surface area contributed by atoms with E-state index in [2.05, 4.69) is 15.4 Å². The van der Waals surface area contributed by atoms with Crippen LogP contribution in [0.4, 0.5) is 15.3 Å². The number of nitrogens with one attached hydrogen (secondary N) is 1. The quantitative estimate of drug-likeness (QED) is 0.500. The minimum atomic E-state index is -0.776. The molecule has 0 unspecified atom stereocenters. The third kappa shape index (κ3) is 8.02. The van der Waals surface area contributed by atoms with Crippen LogP contribution in [0.5, 0.6) is 0 Å². The monoisotopic (exact) mass is 537 g/mol. The van der Waals surface area contributed by atoms with Crippen molar-refractivity contribution in [3.8, 4) is 11.3 Å². The average Bonchev–Trinajstić information content (AvgIpc) is 2.95. The van der Waals surface area contributed by atoms with Crippen molar-refractivity contribution < 1.29 is 23.9 Å². The molecule has 0 saturated carbocycles. The Morgan fingerprint density at radius 2 is 1.69 bits per heavy atom. The zero-order valence-electron chi connectivity index (χ0n) is 24.3. The van der Waals surface area contributed by atoms with Crippen molar-refractivity contribution >= 4 is 29.4 Å². The number of hydrogen-bond acceptors (Lipinski definition) is 8. The second-order valence-corrected chi connectivity index (χ2v) is 12.0. The molecular weight excluding hydrogens is 498 g/mol. The summed E-state index contributed by atoms with van der Waals surface area (Å²) in [6.45, 7) is 16.7. The Hall–Kier alpha value is -3.95. The number of carbonyl (C=O) groups is 3. The predicted octanol–water partition coefficient (Wildman–Crippen LogP) is 6.07. The highest BCUT2D eigenvalue weighted by Gasteiger charge is 2.30. The number of ether oxygens (including phenoxy) is 2. The van der Waals surface area contributed by atoms with Crippen LogP contribution < -0.4 is 10.3 Å². The van der Waals surface area contributed by atoms with Crippen LogP contribution in [0.2, 0.25) is 0 Å². The number of nitrogens with zero attached hydrogens (tertiary/aromatic N) is 4. The molecule has 0 aromatic carbocycles. The summed E-state index contributed by atoms with van der Waals surface area (Å²) < 4.78 is 11.0. The molecule has 1 aliphatic rings. The number of imide groups is 1. The lowest BCUT2D eigenvalue weighted by molar-refractivity contribution is -0.119. The summed E-state index contributed by atoms with van der Waals surface area (Å²) in [6, 6.07) is 3.60. The molecule has 3 rings (SSSR count). The molecular formula is C29H39N5O5. The van der Waals surface area contributed by atoms with Crippen molar-refractivity contribution in [2.45, 2.75) is 86.5 Å². The summed E-state index contributed by atoms with van der Waals surface area (Å²) in [7, 11) is 0. The zero-order valence-corrected chi connectivity index (χ0v) is 24.3. The first kappa shape index (κ1) is 29.6. The van der Waals surface area contributed by atoms with Crippen LogP contribution in [0.25, 0.3) is 16.8 Å². The standard InChI is InChI=1S/C29H39N5O5/c1-18(2)10-25(35)34(27(37)39-29(7,8)9)22-11-20(14-30-16-22)24-12-23-19(3)13-32-33(17-21(23)15-31-24)26(36)38-28(4,5)6/h11-16,18,32H,10,17H2,1-9H3. The van der Waals surface area contributed by atoms with Gasteiger partial charge in [-0.05, 0) is 83.2 Å². The lowest BCUT2D eigenvalue weighted by atomic mass is 10.0. The third-order valence-electron chi connectivity index (χ3n) is 5.48. The molecule has 0 atom stereocenters. The Balaban J connectivity index is 1.96. The predicted molar refractivity (Wildman–Crippen MR) is 149 cm³/mol. The Labute approximate surface area is 230 Å². The van der Waals surface area contributed by atoms with Gasteiger partial charge in [-0.25, -0.2) is 19.5 Å². The fraction of sp³-hybridized carbons (Fsp3) is 0.483. The van der Waals surface area contributed by atoms with Gasteiger partial charge in [-0.1, -0.05) is 13.8 Å². The van der Waals surface area contributed by atoms with Crippen molar-refractivity contribution in [3.05, 3.63) is 48.1 Å². The Kier molecular flexibility index (Phi) is 8.67. The smallest absolute Gasteiger partial charge is 0.429 e. The van der Waals surface area contributed by atoms with E-state index >= 15 is 0 Å². The molecule has 3 amide bonds. The molecule has 3 heterocycles. The minimum Gasteiger partial charge on any atom is -0.443 e. The molecule has 0 bridgehead atoms. The van der Waals surface area contributed by atoms with Crippen molar-refractivity contribution in [3.63, 3.8) is 0 Å². The Bertz CT molecular complexity index is 1270. The van der Waals surface area contributed by atoms with E-state index in [9.17, 15) is 14.4 Å². The molecule has 2 aromatic heterocycles. The van der Waals surface area contributed by atoms with Crippen LogP contribution in [0, 0.1) is 5.92 Å². The Morgan fingerprint density at radius 3 is 2.31 bits per heavy atom. The highest BCUT2D eigenvalue weighted by atomic mass is 16.6. The number of hydrazine groups is 1. The topological polar surface area (TPSA) is 114 Å². The molecule has 39 heavy (non-hydrogen) atoms. The van der Waals surface area contributed by atoms with Gasteiger partial charge in [-0.2, -0.15) is 0 Å². The molecule has 0 aliphatic carbocycles. The van der Waals surface area contributed by atoms with Crippen molar-refractivity contribution in [1.82, 2.24) is 20.4 Å². The SMILES string of the molecule is CC1=CNN(C(=O)OC(C)(C)C)Cc2cnc(-c3cncc(N(C(=O)CC(C)C)C(=O)OC(C)(C)C)c3)cc21. The second-order valence-electron chi connectivity index (χ2n) is 12.0. The van der Waals surface area contributed by atoms with Crippen LogP contribution in [0.1, 0.15) is 79.9 Å². The number of allylic oxidation sites excluding steroid dienone is 1. The van der Waals surface area contributed by atoms with Crippen LogP contribution in [0.15, 0.2) is 36.9 Å². The van der Waals surface area contributed by atoms with Gasteiger partial charge in [0.1, 0.15) is 11.2 Å². The fourth-order valence-electron chi connectivity index (χ4n) is 3.83. The van der Waals surface area contributed by atoms with Gasteiger partial charge in [0.2, 0.25) is 5.91 Å². The molecule has 210 valence electrons. The van der Waals surface area contributed by atoms with Gasteiger partial charge in [0.15, 0.2) is 0 Å². The molecule has 0 radical (unpaired) electrons. The lowest BCUT2D eigenvalue weighted by Gasteiger charge is -2.27. The van der Waals surface area contributed by atoms with E-state index in [1.165, 1.54) is 11.2 Å². The van der Waals surface area contributed by atoms with E-state index in [4.69, 9.17) is 9.47 Å². The van der Waals surface area contributed by atoms with E-state index in [0.29, 0.717) is 16.9 Å². The van der Waals surface area contributed by atoms with Crippen molar-refractivity contribution in [2.24, 2.45) is 5.92 Å². The van der Waals surface area contributed by atoms with Gasteiger partial charge in [0.25, 0.3) is 0 Å². The number of anilines is 1. The van der Waals surface area contributed by atoms with Crippen molar-refractivity contribution in [1.29, 1.82) is 0 Å². The maximum atomic E-state index is 13.1. The number of rotatable bonds is 4. The van der Waals surface area contributed by atoms with Gasteiger partial charge in [0.05, 0.1) is 24.1 Å². The van der Waals surface area contributed by atoms with Gasteiger partial charge >= 0.3 is 12.2 Å². The van der Waals surface area contributed by atoms with Gasteiger partial charge in [0, 0.05) is 30.6 Å². The van der Waals surface area contributed by atoms with Gasteiger partial charge in [-0.15, -0.1) is 0 Å². The first-order valence-corrected chi connectivity index (χ1v) is 13.0. The molecule has 1 aliphatic heterocycles. The zero-order chi connectivity index (χ0) is 29.1. The van der Waals surface area contributed by atoms with E-state index in [1.54, 1.807) is 45.4 Å². The third-order valence-corrected chi connectivity index (χ3v) is 5.48. The highest BCUT2D eigenvalue weighted by molar-refractivity contribution is 6.12. The maximum Gasteiger partial charge on any atom is 0.429 e. The highest BCUT2D eigenvalue weighted by Crippen LogP contribution is 2.30. The summed E-state index contributed by atoms with van der Waals surface area (Å²) >= 11 is 0. The number of amides is 3. The minimum absolute atomic E-state index is 0.0495. The van der Waals surface area contributed by atoms with Crippen LogP contribution in [-0.4, -0.2) is 44.3 Å².